The molecule has 0 amide bonds. The fraction of sp³-hybridized carbons (Fsp3) is 0.318. The summed E-state index contributed by atoms with van der Waals surface area (Å²) in [6.07, 6.45) is -5.23. The summed E-state index contributed by atoms with van der Waals surface area (Å²) in [5.41, 5.74) is -4.69. The maximum absolute atomic E-state index is 14.7. The second-order valence-electron chi connectivity index (χ2n) is 7.96. The van der Waals surface area contributed by atoms with Crippen LogP contribution in [0.1, 0.15) is 11.6 Å². The van der Waals surface area contributed by atoms with E-state index in [0.29, 0.717) is 0 Å². The number of halogens is 6. The molecule has 0 radical (unpaired) electrons. The number of fused-ring (bicyclic) bond motifs is 1. The lowest BCUT2D eigenvalue weighted by molar-refractivity contribution is -0.270. The molecule has 0 unspecified atom stereocenters. The van der Waals surface area contributed by atoms with E-state index in [0.717, 1.165) is 42.3 Å². The Hall–Kier alpha value is -2.89. The number of pyridine rings is 1. The molecule has 2 aromatic carbocycles. The van der Waals surface area contributed by atoms with Crippen molar-refractivity contribution in [1.82, 2.24) is 9.88 Å². The molecular formula is C22H21ClF5N3O3. The third-order valence-electron chi connectivity index (χ3n) is 5.24. The second kappa shape index (κ2) is 9.40. The van der Waals surface area contributed by atoms with Gasteiger partial charge in [0.1, 0.15) is 5.82 Å². The molecule has 3 aromatic rings. The van der Waals surface area contributed by atoms with Crippen LogP contribution in [0.25, 0.3) is 10.9 Å². The van der Waals surface area contributed by atoms with E-state index < -0.39 is 52.1 Å². The van der Waals surface area contributed by atoms with Crippen molar-refractivity contribution in [2.45, 2.75) is 17.8 Å². The molecule has 3 rings (SSSR count). The molecule has 12 heteroatoms. The van der Waals surface area contributed by atoms with Crippen LogP contribution in [-0.2, 0) is 0 Å². The number of likely N-dealkylation sites (N-methyl/N-ethyl adjacent to an activating group) is 1. The van der Waals surface area contributed by atoms with E-state index in [-0.39, 0.29) is 22.3 Å². The van der Waals surface area contributed by atoms with Gasteiger partial charge in [-0.05, 0) is 43.9 Å². The summed E-state index contributed by atoms with van der Waals surface area (Å²) < 4.78 is 76.8. The summed E-state index contributed by atoms with van der Waals surface area (Å²) in [5, 5.41) is 13.0. The zero-order valence-electron chi connectivity index (χ0n) is 18.2. The first-order chi connectivity index (χ1) is 15.8. The summed E-state index contributed by atoms with van der Waals surface area (Å²) >= 11 is 6.09. The Morgan fingerprint density at radius 1 is 1.18 bits per heavy atom. The number of anilines is 1. The van der Waals surface area contributed by atoms with E-state index in [1.807, 2.05) is 0 Å². The average molecular weight is 506 g/mol. The number of nitrogens with zero attached hydrogens (tertiary/aromatic N) is 1. The first-order valence-electron chi connectivity index (χ1n) is 9.83. The van der Waals surface area contributed by atoms with Crippen molar-refractivity contribution in [1.29, 1.82) is 0 Å². The monoisotopic (exact) mass is 505 g/mol. The van der Waals surface area contributed by atoms with Crippen LogP contribution in [-0.4, -0.2) is 54.5 Å². The van der Waals surface area contributed by atoms with Crippen LogP contribution in [0.3, 0.4) is 0 Å². The van der Waals surface area contributed by atoms with E-state index in [1.54, 1.807) is 0 Å². The zero-order valence-corrected chi connectivity index (χ0v) is 19.0. The lowest BCUT2D eigenvalue weighted by atomic mass is 9.86. The van der Waals surface area contributed by atoms with Gasteiger partial charge in [0, 0.05) is 23.7 Å². The summed E-state index contributed by atoms with van der Waals surface area (Å²) in [7, 11) is 3.78. The first-order valence-corrected chi connectivity index (χ1v) is 10.2. The molecule has 0 aliphatic carbocycles. The third kappa shape index (κ3) is 4.82. The summed E-state index contributed by atoms with van der Waals surface area (Å²) in [6.45, 7) is -0.942. The van der Waals surface area contributed by atoms with Crippen molar-refractivity contribution in [3.05, 3.63) is 69.0 Å². The third-order valence-corrected chi connectivity index (χ3v) is 5.62. The first kappa shape index (κ1) is 25.7. The van der Waals surface area contributed by atoms with Crippen molar-refractivity contribution >= 4 is 28.2 Å². The van der Waals surface area contributed by atoms with E-state index >= 15 is 0 Å². The molecule has 1 aromatic heterocycles. The van der Waals surface area contributed by atoms with Crippen LogP contribution >= 0.6 is 11.6 Å². The Bertz CT molecular complexity index is 1260. The number of aromatic amines is 1. The minimum absolute atomic E-state index is 0.00363. The van der Waals surface area contributed by atoms with Gasteiger partial charge in [-0.15, -0.1) is 0 Å². The normalized spacial score (nSPS) is 14.8. The summed E-state index contributed by atoms with van der Waals surface area (Å²) in [5.74, 6) is -2.31. The molecule has 0 aliphatic rings. The maximum atomic E-state index is 14.7. The molecule has 0 bridgehead atoms. The standard InChI is InChI=1S/C22H21ClF5N3O3/c1-31(2)10-21(33,22(26,27)28)20(13-4-6-16(34-3)19(25)18(13)23)30-15-9-11(24)8-14-12(15)5-7-17(32)29-14/h4-9,20,30,33H,10H2,1-3H3,(H,29,32)/t20-,21+/m0/s1. The highest BCUT2D eigenvalue weighted by Crippen LogP contribution is 2.46. The van der Waals surface area contributed by atoms with Crippen molar-refractivity contribution in [2.24, 2.45) is 0 Å². The van der Waals surface area contributed by atoms with Crippen LogP contribution in [0.15, 0.2) is 41.2 Å². The number of aromatic nitrogens is 1. The molecule has 2 atom stereocenters. The fourth-order valence-corrected chi connectivity index (χ4v) is 3.98. The molecule has 34 heavy (non-hydrogen) atoms. The van der Waals surface area contributed by atoms with Gasteiger partial charge in [-0.2, -0.15) is 13.2 Å². The molecule has 0 fully saturated rings. The van der Waals surface area contributed by atoms with Gasteiger partial charge in [-0.3, -0.25) is 4.79 Å². The van der Waals surface area contributed by atoms with Crippen LogP contribution < -0.4 is 15.6 Å². The van der Waals surface area contributed by atoms with Gasteiger partial charge in [-0.1, -0.05) is 17.7 Å². The number of benzene rings is 2. The van der Waals surface area contributed by atoms with Crippen molar-refractivity contribution < 1.29 is 31.8 Å². The topological polar surface area (TPSA) is 77.6 Å². The number of alkyl halides is 3. The zero-order chi connectivity index (χ0) is 25.4. The molecular weight excluding hydrogens is 485 g/mol. The maximum Gasteiger partial charge on any atom is 0.420 e. The largest absolute Gasteiger partial charge is 0.494 e. The highest BCUT2D eigenvalue weighted by atomic mass is 35.5. The smallest absolute Gasteiger partial charge is 0.420 e. The Balaban J connectivity index is 2.30. The van der Waals surface area contributed by atoms with E-state index in [1.165, 1.54) is 20.2 Å². The Kier molecular flexibility index (Phi) is 7.11. The summed E-state index contributed by atoms with van der Waals surface area (Å²) in [6, 6.07) is 4.33. The number of aliphatic hydroxyl groups is 1. The van der Waals surface area contributed by atoms with Crippen molar-refractivity contribution in [2.75, 3.05) is 33.1 Å². The highest BCUT2D eigenvalue weighted by molar-refractivity contribution is 6.31. The average Bonchev–Trinajstić information content (AvgIpc) is 2.72. The molecule has 6 nitrogen and oxygen atoms in total. The molecule has 0 spiro atoms. The van der Waals surface area contributed by atoms with Crippen LogP contribution in [0.4, 0.5) is 27.6 Å². The van der Waals surface area contributed by atoms with Gasteiger partial charge in [0.25, 0.3) is 0 Å². The van der Waals surface area contributed by atoms with Crippen LogP contribution in [0, 0.1) is 11.6 Å². The van der Waals surface area contributed by atoms with Gasteiger partial charge in [0.15, 0.2) is 17.2 Å². The van der Waals surface area contributed by atoms with E-state index in [2.05, 4.69) is 10.3 Å². The van der Waals surface area contributed by atoms with Crippen molar-refractivity contribution in [3.63, 3.8) is 0 Å². The molecule has 184 valence electrons. The van der Waals surface area contributed by atoms with Crippen LogP contribution in [0.5, 0.6) is 5.75 Å². The molecule has 3 N–H and O–H groups in total. The minimum Gasteiger partial charge on any atom is -0.494 e. The summed E-state index contributed by atoms with van der Waals surface area (Å²) in [4.78, 5) is 15.1. The minimum atomic E-state index is -5.23. The van der Waals surface area contributed by atoms with Gasteiger partial charge >= 0.3 is 6.18 Å². The molecule has 0 saturated carbocycles. The number of nitrogens with one attached hydrogen (secondary N) is 2. The van der Waals surface area contributed by atoms with E-state index in [4.69, 9.17) is 16.3 Å². The van der Waals surface area contributed by atoms with Gasteiger partial charge in [0.05, 0.1) is 23.7 Å². The number of hydrogen-bond acceptors (Lipinski definition) is 5. The number of hydrogen-bond donors (Lipinski definition) is 3. The predicted octanol–water partition coefficient (Wildman–Crippen LogP) is 4.48. The number of rotatable bonds is 7. The number of H-pyrrole nitrogens is 1. The molecule has 1 heterocycles. The van der Waals surface area contributed by atoms with Gasteiger partial charge < -0.3 is 25.0 Å². The SMILES string of the molecule is COc1ccc([C@H](Nc2cc(F)cc3[nH]c(=O)ccc23)[C@](O)(CN(C)C)C(F)(F)F)c(Cl)c1F. The van der Waals surface area contributed by atoms with Crippen LogP contribution in [0.2, 0.25) is 5.02 Å². The quantitative estimate of drug-likeness (QED) is 0.413. The lowest BCUT2D eigenvalue weighted by Gasteiger charge is -2.40. The molecule has 0 saturated heterocycles. The predicted molar refractivity (Wildman–Crippen MR) is 118 cm³/mol. The van der Waals surface area contributed by atoms with Gasteiger partial charge in [0.2, 0.25) is 5.56 Å². The molecule has 0 aliphatic heterocycles. The van der Waals surface area contributed by atoms with Gasteiger partial charge in [-0.25, -0.2) is 8.78 Å². The fourth-order valence-electron chi connectivity index (χ4n) is 3.72. The van der Waals surface area contributed by atoms with E-state index in [9.17, 15) is 31.9 Å². The Labute approximate surface area is 195 Å². The Morgan fingerprint density at radius 3 is 2.44 bits per heavy atom. The van der Waals surface area contributed by atoms with Crippen molar-refractivity contribution in [3.8, 4) is 5.75 Å². The number of methoxy groups -OCH3 is 1. The number of ether oxygens (including phenoxy) is 1. The second-order valence-corrected chi connectivity index (χ2v) is 8.34. The highest BCUT2D eigenvalue weighted by Gasteiger charge is 2.60. The Morgan fingerprint density at radius 2 is 1.85 bits per heavy atom. The lowest BCUT2D eigenvalue weighted by Crippen LogP contribution is -2.58.